The molecule has 2 N–H and O–H groups in total. The number of ether oxygens (including phenoxy) is 2. The van der Waals surface area contributed by atoms with Gasteiger partial charge in [-0.2, -0.15) is 4.98 Å². The summed E-state index contributed by atoms with van der Waals surface area (Å²) < 4.78 is 10.6. The molecule has 0 fully saturated rings. The number of nitrogens with zero attached hydrogens (tertiary/aromatic N) is 4. The highest BCUT2D eigenvalue weighted by atomic mass is 16.5. The summed E-state index contributed by atoms with van der Waals surface area (Å²) in [6, 6.07) is 13.5. The first kappa shape index (κ1) is 18.2. The largest absolute Gasteiger partial charge is 0.493 e. The molecule has 140 valence electrons. The number of aromatic nitrogens is 3. The van der Waals surface area contributed by atoms with E-state index < -0.39 is 0 Å². The second-order valence-corrected chi connectivity index (χ2v) is 5.89. The molecule has 0 atom stereocenters. The molecule has 0 radical (unpaired) electrons. The van der Waals surface area contributed by atoms with Crippen LogP contribution in [0.15, 0.2) is 48.8 Å². The number of hydrogen-bond donors (Lipinski definition) is 2. The summed E-state index contributed by atoms with van der Waals surface area (Å²) >= 11 is 0. The molecule has 2 aromatic carbocycles. The van der Waals surface area contributed by atoms with Crippen molar-refractivity contribution in [2.24, 2.45) is 0 Å². The summed E-state index contributed by atoms with van der Waals surface area (Å²) in [5, 5.41) is 6.31. The van der Waals surface area contributed by atoms with Crippen LogP contribution < -0.4 is 25.0 Å². The van der Waals surface area contributed by atoms with E-state index >= 15 is 0 Å². The molecule has 8 heteroatoms. The van der Waals surface area contributed by atoms with Crippen LogP contribution in [0.5, 0.6) is 11.5 Å². The van der Waals surface area contributed by atoms with Gasteiger partial charge in [0.05, 0.1) is 14.2 Å². The predicted octanol–water partition coefficient (Wildman–Crippen LogP) is 3.44. The number of benzene rings is 2. The minimum atomic E-state index is 0.421. The summed E-state index contributed by atoms with van der Waals surface area (Å²) in [6.07, 6.45) is 1.45. The van der Waals surface area contributed by atoms with Crippen LogP contribution in [0.2, 0.25) is 0 Å². The van der Waals surface area contributed by atoms with Gasteiger partial charge in [0, 0.05) is 37.2 Å². The molecular weight excluding hydrogens is 344 g/mol. The predicted molar refractivity (Wildman–Crippen MR) is 107 cm³/mol. The number of methoxy groups -OCH3 is 2. The topological polar surface area (TPSA) is 84.4 Å². The van der Waals surface area contributed by atoms with Crippen molar-refractivity contribution in [2.75, 3.05) is 43.8 Å². The molecule has 1 aromatic heterocycles. The van der Waals surface area contributed by atoms with Gasteiger partial charge in [0.2, 0.25) is 11.9 Å². The molecule has 3 rings (SSSR count). The fourth-order valence-corrected chi connectivity index (χ4v) is 2.43. The molecule has 0 amide bonds. The summed E-state index contributed by atoms with van der Waals surface area (Å²) in [7, 11) is 7.19. The van der Waals surface area contributed by atoms with E-state index in [4.69, 9.17) is 9.47 Å². The average Bonchev–Trinajstić information content (AvgIpc) is 2.68. The van der Waals surface area contributed by atoms with E-state index in [9.17, 15) is 0 Å². The Bertz CT molecular complexity index is 899. The van der Waals surface area contributed by atoms with Crippen LogP contribution in [0.3, 0.4) is 0 Å². The molecule has 0 saturated heterocycles. The third-order valence-corrected chi connectivity index (χ3v) is 3.85. The molecule has 0 bridgehead atoms. The van der Waals surface area contributed by atoms with Crippen LogP contribution in [0.4, 0.5) is 29.0 Å². The minimum absolute atomic E-state index is 0.421. The van der Waals surface area contributed by atoms with Gasteiger partial charge in [-0.3, -0.25) is 0 Å². The van der Waals surface area contributed by atoms with Crippen LogP contribution in [-0.4, -0.2) is 43.3 Å². The van der Waals surface area contributed by atoms with E-state index in [1.165, 1.54) is 6.33 Å². The Balaban J connectivity index is 1.73. The summed E-state index contributed by atoms with van der Waals surface area (Å²) in [5.41, 5.74) is 2.79. The lowest BCUT2D eigenvalue weighted by atomic mass is 10.2. The fraction of sp³-hybridized carbons (Fsp3) is 0.211. The van der Waals surface area contributed by atoms with Crippen molar-refractivity contribution in [1.29, 1.82) is 0 Å². The molecule has 0 aliphatic rings. The van der Waals surface area contributed by atoms with E-state index in [-0.39, 0.29) is 0 Å². The van der Waals surface area contributed by atoms with Gasteiger partial charge in [0.25, 0.3) is 0 Å². The van der Waals surface area contributed by atoms with Crippen molar-refractivity contribution < 1.29 is 9.47 Å². The monoisotopic (exact) mass is 366 g/mol. The molecule has 0 aliphatic carbocycles. The van der Waals surface area contributed by atoms with Gasteiger partial charge in [0.1, 0.15) is 6.33 Å². The van der Waals surface area contributed by atoms with Gasteiger partial charge in [-0.05, 0) is 36.4 Å². The molecule has 0 saturated carbocycles. The first-order chi connectivity index (χ1) is 13.1. The second kappa shape index (κ2) is 8.22. The van der Waals surface area contributed by atoms with Gasteiger partial charge in [0.15, 0.2) is 11.5 Å². The maximum absolute atomic E-state index is 5.31. The third-order valence-electron chi connectivity index (χ3n) is 3.85. The maximum atomic E-state index is 5.31. The first-order valence-corrected chi connectivity index (χ1v) is 8.31. The second-order valence-electron chi connectivity index (χ2n) is 5.89. The van der Waals surface area contributed by atoms with E-state index in [0.29, 0.717) is 23.4 Å². The lowest BCUT2D eigenvalue weighted by Gasteiger charge is -2.13. The molecule has 0 aliphatic heterocycles. The Kier molecular flexibility index (Phi) is 5.55. The van der Waals surface area contributed by atoms with Crippen molar-refractivity contribution in [3.8, 4) is 11.5 Å². The van der Waals surface area contributed by atoms with Crippen molar-refractivity contribution in [3.63, 3.8) is 0 Å². The van der Waals surface area contributed by atoms with Crippen LogP contribution >= 0.6 is 0 Å². The molecule has 0 spiro atoms. The molecular formula is C19H22N6O2. The van der Waals surface area contributed by atoms with Crippen molar-refractivity contribution in [1.82, 2.24) is 15.0 Å². The highest BCUT2D eigenvalue weighted by molar-refractivity contribution is 5.62. The van der Waals surface area contributed by atoms with Crippen molar-refractivity contribution >= 4 is 29.0 Å². The lowest BCUT2D eigenvalue weighted by Crippen LogP contribution is -2.08. The van der Waals surface area contributed by atoms with Gasteiger partial charge < -0.3 is 25.0 Å². The number of anilines is 5. The zero-order chi connectivity index (χ0) is 19.2. The number of hydrogen-bond acceptors (Lipinski definition) is 8. The van der Waals surface area contributed by atoms with E-state index in [2.05, 4.69) is 25.6 Å². The van der Waals surface area contributed by atoms with Crippen molar-refractivity contribution in [3.05, 3.63) is 48.8 Å². The highest BCUT2D eigenvalue weighted by Crippen LogP contribution is 2.30. The van der Waals surface area contributed by atoms with E-state index in [1.54, 1.807) is 14.2 Å². The third kappa shape index (κ3) is 4.55. The van der Waals surface area contributed by atoms with E-state index in [0.717, 1.165) is 17.1 Å². The van der Waals surface area contributed by atoms with Crippen LogP contribution in [0.25, 0.3) is 0 Å². The summed E-state index contributed by atoms with van der Waals surface area (Å²) in [6.45, 7) is 0. The Hall–Kier alpha value is -3.55. The maximum Gasteiger partial charge on any atom is 0.232 e. The number of rotatable bonds is 7. The normalized spacial score (nSPS) is 10.2. The van der Waals surface area contributed by atoms with Gasteiger partial charge in [-0.25, -0.2) is 9.97 Å². The zero-order valence-corrected chi connectivity index (χ0v) is 15.7. The molecule has 27 heavy (non-hydrogen) atoms. The van der Waals surface area contributed by atoms with Crippen LogP contribution in [0.1, 0.15) is 0 Å². The molecule has 8 nitrogen and oxygen atoms in total. The fourth-order valence-electron chi connectivity index (χ4n) is 2.43. The standard InChI is InChI=1S/C19H22N6O2/c1-25(2)15-8-5-13(6-9-15)22-18-20-12-21-19(24-18)23-14-7-10-16(26-3)17(11-14)27-4/h5-12H,1-4H3,(H2,20,21,22,23,24). The zero-order valence-electron chi connectivity index (χ0n) is 15.7. The summed E-state index contributed by atoms with van der Waals surface area (Å²) in [4.78, 5) is 14.8. The molecule has 0 unspecified atom stereocenters. The lowest BCUT2D eigenvalue weighted by molar-refractivity contribution is 0.355. The minimum Gasteiger partial charge on any atom is -0.493 e. The van der Waals surface area contributed by atoms with Crippen LogP contribution in [-0.2, 0) is 0 Å². The van der Waals surface area contributed by atoms with Gasteiger partial charge in [-0.1, -0.05) is 0 Å². The highest BCUT2D eigenvalue weighted by Gasteiger charge is 2.07. The Morgan fingerprint density at radius 2 is 1.37 bits per heavy atom. The Morgan fingerprint density at radius 1 is 0.778 bits per heavy atom. The van der Waals surface area contributed by atoms with Gasteiger partial charge >= 0.3 is 0 Å². The Labute approximate surface area is 158 Å². The SMILES string of the molecule is COc1ccc(Nc2ncnc(Nc3ccc(N(C)C)cc3)n2)cc1OC. The smallest absolute Gasteiger partial charge is 0.232 e. The quantitative estimate of drug-likeness (QED) is 0.658. The molecule has 3 aromatic rings. The first-order valence-electron chi connectivity index (χ1n) is 8.31. The van der Waals surface area contributed by atoms with E-state index in [1.807, 2.05) is 61.5 Å². The number of nitrogens with one attached hydrogen (secondary N) is 2. The average molecular weight is 366 g/mol. The molecule has 1 heterocycles. The van der Waals surface area contributed by atoms with Gasteiger partial charge in [-0.15, -0.1) is 0 Å². The van der Waals surface area contributed by atoms with Crippen LogP contribution in [0, 0.1) is 0 Å². The summed E-state index contributed by atoms with van der Waals surface area (Å²) in [5.74, 6) is 2.15. The Morgan fingerprint density at radius 3 is 1.96 bits per heavy atom. The van der Waals surface area contributed by atoms with Crippen molar-refractivity contribution in [2.45, 2.75) is 0 Å².